The summed E-state index contributed by atoms with van der Waals surface area (Å²) in [5.74, 6) is -1.98. The number of anilines is 1. The van der Waals surface area contributed by atoms with Gasteiger partial charge < -0.3 is 10.1 Å². The molecule has 0 aliphatic rings. The Morgan fingerprint density at radius 2 is 1.95 bits per heavy atom. The van der Waals surface area contributed by atoms with E-state index in [1.807, 2.05) is 0 Å². The van der Waals surface area contributed by atoms with Crippen molar-refractivity contribution in [2.75, 3.05) is 11.9 Å². The van der Waals surface area contributed by atoms with Crippen molar-refractivity contribution >= 4 is 17.9 Å². The Kier molecular flexibility index (Phi) is 4.61. The number of amides is 1. The standard InChI is InChI=1S/C15H11F2NO3/c16-11-5-6-13(12(17)7-11)18-15(20)9-21-14-4-2-1-3-10(14)8-19/h1-8H,9H2,(H,18,20). The second kappa shape index (κ2) is 6.60. The highest BCUT2D eigenvalue weighted by Crippen LogP contribution is 2.17. The lowest BCUT2D eigenvalue weighted by Crippen LogP contribution is -2.21. The number of rotatable bonds is 5. The van der Waals surface area contributed by atoms with Crippen molar-refractivity contribution in [1.82, 2.24) is 0 Å². The highest BCUT2D eigenvalue weighted by Gasteiger charge is 2.09. The molecule has 2 aromatic rings. The van der Waals surface area contributed by atoms with Crippen molar-refractivity contribution in [3.05, 3.63) is 59.7 Å². The van der Waals surface area contributed by atoms with Crippen LogP contribution in [0.15, 0.2) is 42.5 Å². The fourth-order valence-corrected chi connectivity index (χ4v) is 1.63. The highest BCUT2D eigenvalue weighted by molar-refractivity contribution is 5.92. The fraction of sp³-hybridized carbons (Fsp3) is 0.0667. The van der Waals surface area contributed by atoms with E-state index in [-0.39, 0.29) is 11.4 Å². The van der Waals surface area contributed by atoms with Gasteiger partial charge >= 0.3 is 0 Å². The van der Waals surface area contributed by atoms with E-state index < -0.39 is 24.1 Å². The summed E-state index contributed by atoms with van der Waals surface area (Å²) in [7, 11) is 0. The maximum Gasteiger partial charge on any atom is 0.262 e. The molecule has 2 rings (SSSR count). The van der Waals surface area contributed by atoms with Gasteiger partial charge in [0, 0.05) is 6.07 Å². The molecule has 0 heterocycles. The number of nitrogens with one attached hydrogen (secondary N) is 1. The number of carbonyl (C=O) groups excluding carboxylic acids is 2. The number of hydrogen-bond donors (Lipinski definition) is 1. The van der Waals surface area contributed by atoms with Crippen molar-refractivity contribution in [3.63, 3.8) is 0 Å². The molecule has 0 aromatic heterocycles. The minimum atomic E-state index is -0.878. The molecule has 0 radical (unpaired) electrons. The van der Waals surface area contributed by atoms with E-state index in [0.717, 1.165) is 12.1 Å². The second-order valence-electron chi connectivity index (χ2n) is 4.12. The molecule has 0 saturated heterocycles. The molecule has 108 valence electrons. The minimum absolute atomic E-state index is 0.145. The van der Waals surface area contributed by atoms with Crippen LogP contribution in [-0.2, 0) is 4.79 Å². The van der Waals surface area contributed by atoms with Crippen LogP contribution in [0.2, 0.25) is 0 Å². The number of benzene rings is 2. The molecule has 0 aliphatic carbocycles. The molecule has 0 bridgehead atoms. The Labute approximate surface area is 119 Å². The predicted molar refractivity (Wildman–Crippen MR) is 72.3 cm³/mol. The Hall–Kier alpha value is -2.76. The van der Waals surface area contributed by atoms with Gasteiger partial charge in [0.15, 0.2) is 12.9 Å². The number of para-hydroxylation sites is 1. The third-order valence-electron chi connectivity index (χ3n) is 2.61. The molecule has 1 amide bonds. The molecule has 0 fully saturated rings. The van der Waals surface area contributed by atoms with Crippen LogP contribution in [0, 0.1) is 11.6 Å². The summed E-state index contributed by atoms with van der Waals surface area (Å²) in [4.78, 5) is 22.4. The molecule has 0 saturated carbocycles. The lowest BCUT2D eigenvalue weighted by Gasteiger charge is -2.09. The first-order valence-corrected chi connectivity index (χ1v) is 6.02. The van der Waals surface area contributed by atoms with E-state index in [9.17, 15) is 18.4 Å². The van der Waals surface area contributed by atoms with Crippen LogP contribution >= 0.6 is 0 Å². The normalized spacial score (nSPS) is 10.0. The lowest BCUT2D eigenvalue weighted by molar-refractivity contribution is -0.118. The van der Waals surface area contributed by atoms with Crippen molar-refractivity contribution in [1.29, 1.82) is 0 Å². The minimum Gasteiger partial charge on any atom is -0.483 e. The summed E-state index contributed by atoms with van der Waals surface area (Å²) in [6.45, 7) is -0.401. The van der Waals surface area contributed by atoms with Crippen LogP contribution in [0.1, 0.15) is 10.4 Å². The molecular weight excluding hydrogens is 280 g/mol. The zero-order chi connectivity index (χ0) is 15.2. The van der Waals surface area contributed by atoms with Gasteiger partial charge in [-0.1, -0.05) is 12.1 Å². The SMILES string of the molecule is O=Cc1ccccc1OCC(=O)Nc1ccc(F)cc1F. The second-order valence-corrected chi connectivity index (χ2v) is 4.12. The monoisotopic (exact) mass is 291 g/mol. The smallest absolute Gasteiger partial charge is 0.262 e. The van der Waals surface area contributed by atoms with E-state index in [2.05, 4.69) is 5.32 Å². The maximum absolute atomic E-state index is 13.4. The van der Waals surface area contributed by atoms with Crippen LogP contribution in [-0.4, -0.2) is 18.8 Å². The summed E-state index contributed by atoms with van der Waals surface area (Å²) < 4.78 is 31.3. The zero-order valence-corrected chi connectivity index (χ0v) is 10.8. The van der Waals surface area contributed by atoms with Crippen LogP contribution < -0.4 is 10.1 Å². The third-order valence-corrected chi connectivity index (χ3v) is 2.61. The Morgan fingerprint density at radius 3 is 2.67 bits per heavy atom. The molecule has 0 unspecified atom stereocenters. The molecule has 0 spiro atoms. The van der Waals surface area contributed by atoms with Gasteiger partial charge in [-0.05, 0) is 24.3 Å². The van der Waals surface area contributed by atoms with Gasteiger partial charge in [-0.25, -0.2) is 8.78 Å². The number of ether oxygens (including phenoxy) is 1. The Morgan fingerprint density at radius 1 is 1.19 bits per heavy atom. The van der Waals surface area contributed by atoms with E-state index in [1.165, 1.54) is 6.07 Å². The van der Waals surface area contributed by atoms with E-state index in [0.29, 0.717) is 17.9 Å². The first-order chi connectivity index (χ1) is 10.1. The van der Waals surface area contributed by atoms with Crippen molar-refractivity contribution < 1.29 is 23.1 Å². The van der Waals surface area contributed by atoms with Crippen molar-refractivity contribution in [3.8, 4) is 5.75 Å². The average Bonchev–Trinajstić information content (AvgIpc) is 2.48. The molecular formula is C15H11F2NO3. The Bertz CT molecular complexity index is 674. The fourth-order valence-electron chi connectivity index (χ4n) is 1.63. The van der Waals surface area contributed by atoms with Gasteiger partial charge in [0.25, 0.3) is 5.91 Å². The summed E-state index contributed by atoms with van der Waals surface area (Å²) >= 11 is 0. The van der Waals surface area contributed by atoms with Crippen LogP contribution in [0.5, 0.6) is 5.75 Å². The molecule has 21 heavy (non-hydrogen) atoms. The van der Waals surface area contributed by atoms with E-state index in [4.69, 9.17) is 4.74 Å². The maximum atomic E-state index is 13.4. The molecule has 1 N–H and O–H groups in total. The molecule has 0 atom stereocenters. The van der Waals surface area contributed by atoms with Crippen LogP contribution in [0.25, 0.3) is 0 Å². The summed E-state index contributed by atoms with van der Waals surface area (Å²) in [6, 6.07) is 9.20. The van der Waals surface area contributed by atoms with Crippen molar-refractivity contribution in [2.45, 2.75) is 0 Å². The van der Waals surface area contributed by atoms with Crippen LogP contribution in [0.3, 0.4) is 0 Å². The van der Waals surface area contributed by atoms with Gasteiger partial charge in [-0.15, -0.1) is 0 Å². The predicted octanol–water partition coefficient (Wildman–Crippen LogP) is 2.79. The number of halogens is 2. The van der Waals surface area contributed by atoms with Gasteiger partial charge in [0.1, 0.15) is 17.4 Å². The van der Waals surface area contributed by atoms with Crippen LogP contribution in [0.4, 0.5) is 14.5 Å². The van der Waals surface area contributed by atoms with Gasteiger partial charge in [-0.3, -0.25) is 9.59 Å². The summed E-state index contributed by atoms with van der Waals surface area (Å²) in [5, 5.41) is 2.25. The largest absolute Gasteiger partial charge is 0.483 e. The number of aldehydes is 1. The third kappa shape index (κ3) is 3.85. The highest BCUT2D eigenvalue weighted by atomic mass is 19.1. The van der Waals surface area contributed by atoms with Gasteiger partial charge in [0.05, 0.1) is 11.3 Å². The van der Waals surface area contributed by atoms with Crippen molar-refractivity contribution in [2.24, 2.45) is 0 Å². The molecule has 0 aliphatic heterocycles. The first-order valence-electron chi connectivity index (χ1n) is 6.02. The Balaban J connectivity index is 1.97. The van der Waals surface area contributed by atoms with E-state index in [1.54, 1.807) is 18.2 Å². The molecule has 2 aromatic carbocycles. The molecule has 6 heteroatoms. The summed E-state index contributed by atoms with van der Waals surface area (Å²) in [5.41, 5.74) is 0.159. The number of carbonyl (C=O) groups is 2. The topological polar surface area (TPSA) is 55.4 Å². The quantitative estimate of drug-likeness (QED) is 0.862. The average molecular weight is 291 g/mol. The van der Waals surface area contributed by atoms with Gasteiger partial charge in [0.2, 0.25) is 0 Å². The van der Waals surface area contributed by atoms with Gasteiger partial charge in [-0.2, -0.15) is 0 Å². The molecule has 4 nitrogen and oxygen atoms in total. The van der Waals surface area contributed by atoms with E-state index >= 15 is 0 Å². The summed E-state index contributed by atoms with van der Waals surface area (Å²) in [6.07, 6.45) is 0.604. The lowest BCUT2D eigenvalue weighted by atomic mass is 10.2. The number of hydrogen-bond acceptors (Lipinski definition) is 3. The zero-order valence-electron chi connectivity index (χ0n) is 10.8. The first kappa shape index (κ1) is 14.6.